The van der Waals surface area contributed by atoms with Gasteiger partial charge in [-0.1, -0.05) is 35.5 Å². The predicted molar refractivity (Wildman–Crippen MR) is 121 cm³/mol. The lowest BCUT2D eigenvalue weighted by atomic mass is 10.2. The Balaban J connectivity index is 1.21. The van der Waals surface area contributed by atoms with Gasteiger partial charge in [-0.05, 0) is 24.3 Å². The lowest BCUT2D eigenvalue weighted by Crippen LogP contribution is -2.18. The van der Waals surface area contributed by atoms with Gasteiger partial charge in [0.15, 0.2) is 11.6 Å². The number of anilines is 1. The molecule has 5 aromatic rings. The normalized spacial score (nSPS) is 12.6. The van der Waals surface area contributed by atoms with E-state index >= 15 is 0 Å². The summed E-state index contributed by atoms with van der Waals surface area (Å²) in [5.74, 6) is 2.10. The van der Waals surface area contributed by atoms with Gasteiger partial charge < -0.3 is 14.6 Å². The molecule has 0 unspecified atom stereocenters. The Morgan fingerprint density at radius 2 is 1.97 bits per heavy atom. The first-order valence-electron chi connectivity index (χ1n) is 10.4. The number of carbonyl (C=O) groups excluding carboxylic acids is 1. The Hall–Kier alpha value is -4.50. The van der Waals surface area contributed by atoms with Crippen LogP contribution in [0.15, 0.2) is 77.7 Å². The topological polar surface area (TPSA) is 107 Å². The Morgan fingerprint density at radius 1 is 1.06 bits per heavy atom. The second-order valence-electron chi connectivity index (χ2n) is 7.59. The Labute approximate surface area is 188 Å². The first kappa shape index (κ1) is 19.2. The highest BCUT2D eigenvalue weighted by Gasteiger charge is 2.19. The van der Waals surface area contributed by atoms with E-state index in [4.69, 9.17) is 9.26 Å². The molecule has 1 aliphatic heterocycles. The molecule has 162 valence electrons. The summed E-state index contributed by atoms with van der Waals surface area (Å²) >= 11 is 0. The van der Waals surface area contributed by atoms with E-state index in [9.17, 15) is 4.79 Å². The minimum atomic E-state index is -0.341. The number of hydrogen-bond acceptors (Lipinski definition) is 7. The molecule has 9 nitrogen and oxygen atoms in total. The molecule has 0 spiro atoms. The molecule has 3 aromatic heterocycles. The molecule has 0 bridgehead atoms. The molecule has 6 rings (SSSR count). The van der Waals surface area contributed by atoms with Gasteiger partial charge in [0.25, 0.3) is 0 Å². The van der Waals surface area contributed by atoms with Crippen molar-refractivity contribution >= 4 is 22.8 Å². The van der Waals surface area contributed by atoms with Crippen LogP contribution in [-0.4, -0.2) is 25.7 Å². The van der Waals surface area contributed by atoms with Crippen molar-refractivity contribution in [2.75, 3.05) is 5.32 Å². The summed E-state index contributed by atoms with van der Waals surface area (Å²) < 4.78 is 12.9. The van der Waals surface area contributed by atoms with Crippen LogP contribution < -0.4 is 15.4 Å². The van der Waals surface area contributed by atoms with Crippen LogP contribution in [0.1, 0.15) is 11.3 Å². The zero-order valence-electron chi connectivity index (χ0n) is 17.4. The predicted octanol–water partition coefficient (Wildman–Crippen LogP) is 4.56. The summed E-state index contributed by atoms with van der Waals surface area (Å²) in [5, 5.41) is 10.8. The lowest BCUT2D eigenvalue weighted by Gasteiger charge is -2.09. The van der Waals surface area contributed by atoms with Gasteiger partial charge in [-0.15, -0.1) is 0 Å². The molecular weight excluding hydrogens is 420 g/mol. The fraction of sp³-hybridized carbons (Fsp3) is 0.0833. The van der Waals surface area contributed by atoms with Crippen LogP contribution >= 0.6 is 0 Å². The zero-order valence-corrected chi connectivity index (χ0v) is 17.4. The summed E-state index contributed by atoms with van der Waals surface area (Å²) in [6.07, 6.45) is 3.21. The summed E-state index contributed by atoms with van der Waals surface area (Å²) in [6.45, 7) is 1.39. The number of fused-ring (bicyclic) bond motifs is 2. The van der Waals surface area contributed by atoms with Gasteiger partial charge in [0.2, 0.25) is 5.88 Å². The van der Waals surface area contributed by atoms with Crippen molar-refractivity contribution in [3.63, 3.8) is 0 Å². The molecule has 2 N–H and O–H groups in total. The first-order valence-corrected chi connectivity index (χ1v) is 10.4. The molecule has 2 aromatic carbocycles. The largest absolute Gasteiger partial charge is 0.439 e. The summed E-state index contributed by atoms with van der Waals surface area (Å²) in [7, 11) is 0. The van der Waals surface area contributed by atoms with E-state index in [2.05, 4.69) is 25.8 Å². The van der Waals surface area contributed by atoms with Crippen molar-refractivity contribution in [1.29, 1.82) is 0 Å². The Bertz CT molecular complexity index is 1470. The highest BCUT2D eigenvalue weighted by Crippen LogP contribution is 2.30. The molecule has 9 heteroatoms. The number of nitrogens with one attached hydrogen (secondary N) is 2. The van der Waals surface area contributed by atoms with E-state index < -0.39 is 0 Å². The van der Waals surface area contributed by atoms with Gasteiger partial charge in [-0.25, -0.2) is 14.8 Å². The number of aromatic nitrogens is 4. The van der Waals surface area contributed by atoms with Crippen molar-refractivity contribution in [2.45, 2.75) is 13.1 Å². The number of carbonyl (C=O) groups is 1. The summed E-state index contributed by atoms with van der Waals surface area (Å²) in [5.41, 5.74) is 3.54. The smallest absolute Gasteiger partial charge is 0.331 e. The maximum Gasteiger partial charge on any atom is 0.331 e. The zero-order chi connectivity index (χ0) is 22.2. The second kappa shape index (κ2) is 7.88. The molecule has 4 heterocycles. The average molecular weight is 438 g/mol. The molecule has 0 saturated carbocycles. The highest BCUT2D eigenvalue weighted by molar-refractivity contribution is 5.98. The van der Waals surface area contributed by atoms with Crippen LogP contribution in [0.4, 0.5) is 10.6 Å². The molecule has 0 saturated heterocycles. The molecule has 1 aliphatic rings. The van der Waals surface area contributed by atoms with E-state index in [1.807, 2.05) is 54.6 Å². The third-order valence-corrected chi connectivity index (χ3v) is 5.49. The van der Waals surface area contributed by atoms with Gasteiger partial charge in [-0.2, -0.15) is 0 Å². The van der Waals surface area contributed by atoms with Gasteiger partial charge in [0, 0.05) is 36.3 Å². The van der Waals surface area contributed by atoms with Crippen LogP contribution in [0.5, 0.6) is 11.6 Å². The maximum absolute atomic E-state index is 12.9. The van der Waals surface area contributed by atoms with Crippen molar-refractivity contribution in [2.24, 2.45) is 0 Å². The molecule has 33 heavy (non-hydrogen) atoms. The molecule has 0 atom stereocenters. The minimum absolute atomic E-state index is 0.340. The molecule has 0 fully saturated rings. The van der Waals surface area contributed by atoms with Gasteiger partial charge in [0.05, 0.1) is 16.8 Å². The van der Waals surface area contributed by atoms with Crippen LogP contribution in [0, 0.1) is 0 Å². The minimum Gasteiger partial charge on any atom is -0.439 e. The number of amides is 1. The number of benzene rings is 2. The molecule has 0 radical (unpaired) electrons. The van der Waals surface area contributed by atoms with E-state index in [0.717, 1.165) is 27.7 Å². The first-order chi connectivity index (χ1) is 16.2. The van der Waals surface area contributed by atoms with Crippen LogP contribution in [0.25, 0.3) is 22.2 Å². The van der Waals surface area contributed by atoms with Gasteiger partial charge in [0.1, 0.15) is 12.1 Å². The van der Waals surface area contributed by atoms with Crippen LogP contribution in [0.3, 0.4) is 0 Å². The lowest BCUT2D eigenvalue weighted by molar-refractivity contribution is 0.254. The fourth-order valence-corrected chi connectivity index (χ4v) is 3.87. The monoisotopic (exact) mass is 438 g/mol. The SMILES string of the molecule is O=C(Nc1cc(-c2ccccc2)on1)n1ccc2cc(Oc3ncnc4c3CNC4)ccc21. The Morgan fingerprint density at radius 3 is 2.88 bits per heavy atom. The van der Waals surface area contributed by atoms with Crippen LogP contribution in [-0.2, 0) is 13.1 Å². The van der Waals surface area contributed by atoms with Gasteiger partial charge in [-0.3, -0.25) is 9.88 Å². The fourth-order valence-electron chi connectivity index (χ4n) is 3.87. The maximum atomic E-state index is 12.9. The average Bonchev–Trinajstić information content (AvgIpc) is 3.59. The second-order valence-corrected chi connectivity index (χ2v) is 7.59. The summed E-state index contributed by atoms with van der Waals surface area (Å²) in [4.78, 5) is 21.4. The standard InChI is InChI=1S/C24H18N6O3/c31-24(28-22-11-21(33-29-22)15-4-2-1-3-5-15)30-9-8-16-10-17(6-7-20(16)30)32-23-18-12-25-13-19(18)26-14-27-23/h1-11,14,25H,12-13H2,(H,28,29,31). The number of hydrogen-bond donors (Lipinski definition) is 2. The number of rotatable bonds is 4. The van der Waals surface area contributed by atoms with E-state index in [1.165, 1.54) is 10.9 Å². The quantitative estimate of drug-likeness (QED) is 0.423. The van der Waals surface area contributed by atoms with E-state index in [-0.39, 0.29) is 6.03 Å². The number of ether oxygens (including phenoxy) is 1. The van der Waals surface area contributed by atoms with E-state index in [0.29, 0.717) is 36.3 Å². The number of nitrogens with zero attached hydrogens (tertiary/aromatic N) is 4. The molecule has 0 aliphatic carbocycles. The summed E-state index contributed by atoms with van der Waals surface area (Å²) in [6, 6.07) is 18.3. The third-order valence-electron chi connectivity index (χ3n) is 5.49. The van der Waals surface area contributed by atoms with Crippen molar-refractivity contribution in [3.8, 4) is 23.0 Å². The highest BCUT2D eigenvalue weighted by atomic mass is 16.5. The van der Waals surface area contributed by atoms with Gasteiger partial charge >= 0.3 is 6.03 Å². The van der Waals surface area contributed by atoms with Crippen molar-refractivity contribution < 1.29 is 14.1 Å². The van der Waals surface area contributed by atoms with Crippen molar-refractivity contribution in [3.05, 3.63) is 84.4 Å². The molecule has 1 amide bonds. The Kier molecular flexibility index (Phi) is 4.59. The van der Waals surface area contributed by atoms with Crippen LogP contribution in [0.2, 0.25) is 0 Å². The third kappa shape index (κ3) is 3.60. The van der Waals surface area contributed by atoms with E-state index in [1.54, 1.807) is 12.3 Å². The molecular formula is C24H18N6O3. The van der Waals surface area contributed by atoms with Crippen molar-refractivity contribution in [1.82, 2.24) is 25.0 Å².